The molecule has 2 aromatic rings. The standard InChI is InChI=1S/C19H28N6O/c1-4-20-19(21-11-18-22-15(3)24-26-18)23-17-10-14(2)25(13-17)12-16-8-6-5-7-9-16/h5-9,14,17H,4,10-13H2,1-3H3,(H2,20,21,23). The third-order valence-electron chi connectivity index (χ3n) is 4.56. The zero-order valence-corrected chi connectivity index (χ0v) is 15.8. The van der Waals surface area contributed by atoms with Gasteiger partial charge in [-0.2, -0.15) is 4.98 Å². The van der Waals surface area contributed by atoms with Crippen molar-refractivity contribution in [1.82, 2.24) is 25.7 Å². The van der Waals surface area contributed by atoms with Gasteiger partial charge in [0.05, 0.1) is 0 Å². The van der Waals surface area contributed by atoms with Crippen molar-refractivity contribution in [1.29, 1.82) is 0 Å². The second-order valence-corrected chi connectivity index (χ2v) is 6.77. The maximum Gasteiger partial charge on any atom is 0.248 e. The van der Waals surface area contributed by atoms with E-state index in [0.29, 0.717) is 30.3 Å². The van der Waals surface area contributed by atoms with Crippen molar-refractivity contribution in [3.63, 3.8) is 0 Å². The Balaban J connectivity index is 1.57. The van der Waals surface area contributed by atoms with Gasteiger partial charge in [-0.15, -0.1) is 0 Å². The second-order valence-electron chi connectivity index (χ2n) is 6.77. The zero-order chi connectivity index (χ0) is 18.4. The molecule has 1 fully saturated rings. The van der Waals surface area contributed by atoms with E-state index in [1.54, 1.807) is 6.92 Å². The lowest BCUT2D eigenvalue weighted by Gasteiger charge is -2.21. The van der Waals surface area contributed by atoms with Crippen LogP contribution in [0.5, 0.6) is 0 Å². The van der Waals surface area contributed by atoms with Gasteiger partial charge in [-0.25, -0.2) is 4.99 Å². The van der Waals surface area contributed by atoms with Crippen molar-refractivity contribution < 1.29 is 4.52 Å². The van der Waals surface area contributed by atoms with E-state index >= 15 is 0 Å². The van der Waals surface area contributed by atoms with E-state index < -0.39 is 0 Å². The van der Waals surface area contributed by atoms with E-state index in [4.69, 9.17) is 4.52 Å². The molecule has 1 aliphatic rings. The van der Waals surface area contributed by atoms with Crippen molar-refractivity contribution >= 4 is 5.96 Å². The van der Waals surface area contributed by atoms with Gasteiger partial charge in [-0.05, 0) is 32.8 Å². The van der Waals surface area contributed by atoms with Gasteiger partial charge in [0.25, 0.3) is 0 Å². The molecule has 0 spiro atoms. The first-order valence-electron chi connectivity index (χ1n) is 9.26. The minimum absolute atomic E-state index is 0.371. The van der Waals surface area contributed by atoms with Gasteiger partial charge in [-0.3, -0.25) is 4.90 Å². The molecule has 1 aliphatic heterocycles. The Morgan fingerprint density at radius 3 is 2.85 bits per heavy atom. The molecule has 0 aliphatic carbocycles. The van der Waals surface area contributed by atoms with Crippen molar-refractivity contribution in [2.24, 2.45) is 4.99 Å². The van der Waals surface area contributed by atoms with Crippen molar-refractivity contribution in [2.45, 2.75) is 52.4 Å². The van der Waals surface area contributed by atoms with E-state index in [9.17, 15) is 0 Å². The van der Waals surface area contributed by atoms with Crippen LogP contribution in [0.2, 0.25) is 0 Å². The molecular weight excluding hydrogens is 328 g/mol. The normalized spacial score (nSPS) is 21.1. The SMILES string of the molecule is CCNC(=NCc1nc(C)no1)NC1CC(C)N(Cc2ccccc2)C1. The Hall–Kier alpha value is -2.41. The number of nitrogens with one attached hydrogen (secondary N) is 2. The summed E-state index contributed by atoms with van der Waals surface area (Å²) in [5, 5.41) is 10.6. The smallest absolute Gasteiger partial charge is 0.248 e. The van der Waals surface area contributed by atoms with Crippen molar-refractivity contribution in [3.05, 3.63) is 47.6 Å². The number of aliphatic imine (C=N–C) groups is 1. The van der Waals surface area contributed by atoms with Crippen LogP contribution in [0.25, 0.3) is 0 Å². The summed E-state index contributed by atoms with van der Waals surface area (Å²) >= 11 is 0. The van der Waals surface area contributed by atoms with Crippen molar-refractivity contribution in [2.75, 3.05) is 13.1 Å². The molecule has 1 aromatic carbocycles. The summed E-state index contributed by atoms with van der Waals surface area (Å²) in [6, 6.07) is 11.5. The van der Waals surface area contributed by atoms with Gasteiger partial charge in [0.2, 0.25) is 5.89 Å². The fourth-order valence-electron chi connectivity index (χ4n) is 3.31. The average molecular weight is 356 g/mol. The van der Waals surface area contributed by atoms with Crippen molar-refractivity contribution in [3.8, 4) is 0 Å². The van der Waals surface area contributed by atoms with E-state index in [0.717, 1.165) is 32.0 Å². The van der Waals surface area contributed by atoms with Crippen LogP contribution < -0.4 is 10.6 Å². The molecule has 1 aromatic heterocycles. The molecule has 0 amide bonds. The average Bonchev–Trinajstić information content (AvgIpc) is 3.19. The molecule has 7 nitrogen and oxygen atoms in total. The summed E-state index contributed by atoms with van der Waals surface area (Å²) < 4.78 is 5.13. The Labute approximate surface area is 154 Å². The number of aromatic nitrogens is 2. The summed E-state index contributed by atoms with van der Waals surface area (Å²) in [6.45, 7) is 9.33. The van der Waals surface area contributed by atoms with E-state index in [-0.39, 0.29) is 0 Å². The number of aryl methyl sites for hydroxylation is 1. The highest BCUT2D eigenvalue weighted by Crippen LogP contribution is 2.20. The van der Waals surface area contributed by atoms with E-state index in [1.807, 2.05) is 0 Å². The molecule has 26 heavy (non-hydrogen) atoms. The summed E-state index contributed by atoms with van der Waals surface area (Å²) in [6.07, 6.45) is 1.09. The lowest BCUT2D eigenvalue weighted by atomic mass is 10.2. The predicted molar refractivity (Wildman–Crippen MR) is 102 cm³/mol. The number of hydrogen-bond donors (Lipinski definition) is 2. The maximum absolute atomic E-state index is 5.13. The first-order valence-corrected chi connectivity index (χ1v) is 9.26. The Morgan fingerprint density at radius 1 is 1.35 bits per heavy atom. The van der Waals surface area contributed by atoms with Gasteiger partial charge in [0, 0.05) is 31.7 Å². The summed E-state index contributed by atoms with van der Waals surface area (Å²) in [5.74, 6) is 1.96. The molecule has 2 heterocycles. The van der Waals surface area contributed by atoms with Crippen LogP contribution >= 0.6 is 0 Å². The van der Waals surface area contributed by atoms with Gasteiger partial charge in [-0.1, -0.05) is 35.5 Å². The molecule has 2 N–H and O–H groups in total. The highest BCUT2D eigenvalue weighted by molar-refractivity contribution is 5.80. The Bertz CT molecular complexity index is 714. The molecule has 0 radical (unpaired) electrons. The van der Waals surface area contributed by atoms with E-state index in [1.165, 1.54) is 5.56 Å². The first-order chi connectivity index (χ1) is 12.6. The fourth-order valence-corrected chi connectivity index (χ4v) is 3.31. The van der Waals surface area contributed by atoms with E-state index in [2.05, 4.69) is 74.8 Å². The van der Waals surface area contributed by atoms with Gasteiger partial charge >= 0.3 is 0 Å². The van der Waals surface area contributed by atoms with Crippen LogP contribution in [0.1, 0.15) is 37.5 Å². The summed E-state index contributed by atoms with van der Waals surface area (Å²) in [4.78, 5) is 11.3. The minimum atomic E-state index is 0.371. The fraction of sp³-hybridized carbons (Fsp3) is 0.526. The quantitative estimate of drug-likeness (QED) is 0.610. The number of guanidine groups is 1. The lowest BCUT2D eigenvalue weighted by Crippen LogP contribution is -2.44. The highest BCUT2D eigenvalue weighted by atomic mass is 16.5. The molecule has 7 heteroatoms. The summed E-state index contributed by atoms with van der Waals surface area (Å²) in [7, 11) is 0. The monoisotopic (exact) mass is 356 g/mol. The zero-order valence-electron chi connectivity index (χ0n) is 15.8. The molecular formula is C19H28N6O. The van der Waals surface area contributed by atoms with Gasteiger partial charge in [0.15, 0.2) is 11.8 Å². The predicted octanol–water partition coefficient (Wildman–Crippen LogP) is 2.10. The largest absolute Gasteiger partial charge is 0.357 e. The number of benzene rings is 1. The highest BCUT2D eigenvalue weighted by Gasteiger charge is 2.29. The Morgan fingerprint density at radius 2 is 2.15 bits per heavy atom. The van der Waals surface area contributed by atoms with Crippen LogP contribution in [-0.4, -0.2) is 46.2 Å². The minimum Gasteiger partial charge on any atom is -0.357 e. The first kappa shape index (κ1) is 18.4. The molecule has 0 bridgehead atoms. The molecule has 1 saturated heterocycles. The van der Waals surface area contributed by atoms with Crippen LogP contribution in [0.4, 0.5) is 0 Å². The maximum atomic E-state index is 5.13. The lowest BCUT2D eigenvalue weighted by molar-refractivity contribution is 0.258. The van der Waals surface area contributed by atoms with Crippen LogP contribution in [-0.2, 0) is 13.1 Å². The number of nitrogens with zero attached hydrogens (tertiary/aromatic N) is 4. The number of rotatable bonds is 6. The third-order valence-corrected chi connectivity index (χ3v) is 4.56. The molecule has 2 unspecified atom stereocenters. The molecule has 140 valence electrons. The van der Waals surface area contributed by atoms with Gasteiger partial charge < -0.3 is 15.2 Å². The van der Waals surface area contributed by atoms with Gasteiger partial charge in [0.1, 0.15) is 6.54 Å². The number of hydrogen-bond acceptors (Lipinski definition) is 5. The van der Waals surface area contributed by atoms with Crippen LogP contribution in [0.15, 0.2) is 39.8 Å². The third kappa shape index (κ3) is 5.05. The topological polar surface area (TPSA) is 78.6 Å². The summed E-state index contributed by atoms with van der Waals surface area (Å²) in [5.41, 5.74) is 1.35. The number of likely N-dealkylation sites (tertiary alicyclic amines) is 1. The van der Waals surface area contributed by atoms with Crippen LogP contribution in [0, 0.1) is 6.92 Å². The molecule has 2 atom stereocenters. The molecule has 0 saturated carbocycles. The second kappa shape index (κ2) is 8.80. The van der Waals surface area contributed by atoms with Crippen LogP contribution in [0.3, 0.4) is 0 Å². The Kier molecular flexibility index (Phi) is 6.22. The molecule has 3 rings (SSSR count).